The first kappa shape index (κ1) is 13.4. The molecule has 0 aliphatic heterocycles. The first-order valence-corrected chi connectivity index (χ1v) is 5.55. The van der Waals surface area contributed by atoms with E-state index in [-0.39, 0.29) is 34.6 Å². The summed E-state index contributed by atoms with van der Waals surface area (Å²) in [6.45, 7) is -0.359. The summed E-state index contributed by atoms with van der Waals surface area (Å²) in [4.78, 5) is 14.3. The zero-order chi connectivity index (χ0) is 14.0. The number of nitrogens with zero attached hydrogens (tertiary/aromatic N) is 3. The molecule has 3 N–H and O–H groups in total. The second kappa shape index (κ2) is 5.31. The number of rotatable bonds is 4. The first-order valence-electron chi connectivity index (χ1n) is 5.17. The van der Waals surface area contributed by atoms with Gasteiger partial charge >= 0.3 is 0 Å². The number of nitrogens with two attached hydrogens (primary N) is 1. The normalized spacial score (nSPS) is 12.4. The van der Waals surface area contributed by atoms with Crippen LogP contribution < -0.4 is 5.73 Å². The number of aromatic nitrogens is 2. The molecule has 1 unspecified atom stereocenters. The molecule has 1 aromatic heterocycles. The van der Waals surface area contributed by atoms with Gasteiger partial charge in [-0.3, -0.25) is 10.1 Å². The Morgan fingerprint density at radius 2 is 2.32 bits per heavy atom. The summed E-state index contributed by atoms with van der Waals surface area (Å²) in [5.74, 6) is 0.0176. The molecule has 1 aromatic carbocycles. The van der Waals surface area contributed by atoms with Crippen LogP contribution in [0.25, 0.3) is 11.5 Å². The molecule has 8 nitrogen and oxygen atoms in total. The minimum atomic E-state index is -0.802. The maximum Gasteiger partial charge on any atom is 0.283 e. The fourth-order valence-corrected chi connectivity index (χ4v) is 1.58. The Morgan fingerprint density at radius 3 is 2.95 bits per heavy atom. The van der Waals surface area contributed by atoms with Crippen LogP contribution in [-0.4, -0.2) is 26.8 Å². The van der Waals surface area contributed by atoms with Crippen LogP contribution in [0.3, 0.4) is 0 Å². The predicted molar refractivity (Wildman–Crippen MR) is 65.4 cm³/mol. The van der Waals surface area contributed by atoms with Gasteiger partial charge in [0, 0.05) is 11.1 Å². The van der Waals surface area contributed by atoms with E-state index < -0.39 is 11.0 Å². The number of nitro groups is 1. The Balaban J connectivity index is 2.47. The van der Waals surface area contributed by atoms with Gasteiger partial charge in [0.25, 0.3) is 11.6 Å². The predicted octanol–water partition coefficient (Wildman–Crippen LogP) is 1.29. The van der Waals surface area contributed by atoms with Gasteiger partial charge in [-0.15, -0.1) is 0 Å². The minimum Gasteiger partial charge on any atom is -0.394 e. The molecule has 0 saturated carbocycles. The van der Waals surface area contributed by atoms with Gasteiger partial charge in [0.15, 0.2) is 5.82 Å². The molecule has 0 aliphatic rings. The molecule has 0 bridgehead atoms. The van der Waals surface area contributed by atoms with E-state index in [9.17, 15) is 10.1 Å². The highest BCUT2D eigenvalue weighted by atomic mass is 35.5. The van der Waals surface area contributed by atoms with Crippen LogP contribution in [-0.2, 0) is 0 Å². The van der Waals surface area contributed by atoms with Gasteiger partial charge in [-0.1, -0.05) is 16.8 Å². The van der Waals surface area contributed by atoms with E-state index in [1.807, 2.05) is 0 Å². The summed E-state index contributed by atoms with van der Waals surface area (Å²) in [7, 11) is 0. The summed E-state index contributed by atoms with van der Waals surface area (Å²) >= 11 is 5.70. The number of hydrogen-bond acceptors (Lipinski definition) is 7. The van der Waals surface area contributed by atoms with Crippen molar-refractivity contribution in [2.75, 3.05) is 6.61 Å². The molecule has 9 heteroatoms. The highest BCUT2D eigenvalue weighted by molar-refractivity contribution is 6.30. The molecule has 100 valence electrons. The molecule has 2 rings (SSSR count). The van der Waals surface area contributed by atoms with Crippen molar-refractivity contribution >= 4 is 17.3 Å². The van der Waals surface area contributed by atoms with Gasteiger partial charge in [0.2, 0.25) is 0 Å². The van der Waals surface area contributed by atoms with Crippen LogP contribution in [0.2, 0.25) is 5.02 Å². The topological polar surface area (TPSA) is 128 Å². The van der Waals surface area contributed by atoms with Crippen molar-refractivity contribution in [3.05, 3.63) is 39.2 Å². The molecule has 1 heterocycles. The molecular formula is C10H9ClN4O4. The van der Waals surface area contributed by atoms with E-state index in [0.717, 1.165) is 0 Å². The lowest BCUT2D eigenvalue weighted by atomic mass is 10.2. The van der Waals surface area contributed by atoms with Crippen LogP contribution >= 0.6 is 11.6 Å². The second-order valence-electron chi connectivity index (χ2n) is 3.67. The highest BCUT2D eigenvalue weighted by Crippen LogP contribution is 2.31. The Bertz CT molecular complexity index is 615. The number of aliphatic hydroxyl groups excluding tert-OH is 1. The van der Waals surface area contributed by atoms with E-state index in [1.54, 1.807) is 0 Å². The number of nitro benzene ring substituents is 1. The molecule has 19 heavy (non-hydrogen) atoms. The number of aliphatic hydroxyl groups is 1. The molecule has 0 aliphatic carbocycles. The standard InChI is InChI=1S/C10H9ClN4O4/c11-5-1-2-6(8(3-5)15(17)18)10-13-9(14-19-10)7(12)4-16/h1-3,7,16H,4,12H2. The van der Waals surface area contributed by atoms with Gasteiger partial charge in [-0.2, -0.15) is 4.98 Å². The summed E-state index contributed by atoms with van der Waals surface area (Å²) < 4.78 is 4.90. The quantitative estimate of drug-likeness (QED) is 0.639. The molecular weight excluding hydrogens is 276 g/mol. The number of hydrogen-bond donors (Lipinski definition) is 2. The second-order valence-corrected chi connectivity index (χ2v) is 4.10. The monoisotopic (exact) mass is 284 g/mol. The smallest absolute Gasteiger partial charge is 0.283 e. The van der Waals surface area contributed by atoms with Crippen molar-refractivity contribution in [2.45, 2.75) is 6.04 Å². The minimum absolute atomic E-state index is 0.0535. The van der Waals surface area contributed by atoms with Gasteiger partial charge in [-0.05, 0) is 12.1 Å². The summed E-state index contributed by atoms with van der Waals surface area (Å²) in [6, 6.07) is 3.26. The molecule has 0 fully saturated rings. The Hall–Kier alpha value is -2.03. The largest absolute Gasteiger partial charge is 0.394 e. The van der Waals surface area contributed by atoms with Crippen LogP contribution in [0.5, 0.6) is 0 Å². The fourth-order valence-electron chi connectivity index (χ4n) is 1.41. The Kier molecular flexibility index (Phi) is 3.74. The third-order valence-corrected chi connectivity index (χ3v) is 2.59. The van der Waals surface area contributed by atoms with E-state index in [2.05, 4.69) is 10.1 Å². The Labute approximate surface area is 111 Å². The SMILES string of the molecule is NC(CO)c1noc(-c2ccc(Cl)cc2[N+](=O)[O-])n1. The zero-order valence-electron chi connectivity index (χ0n) is 9.49. The van der Waals surface area contributed by atoms with E-state index in [0.29, 0.717) is 0 Å². The van der Waals surface area contributed by atoms with Crippen LogP contribution in [0.4, 0.5) is 5.69 Å². The van der Waals surface area contributed by atoms with Crippen molar-refractivity contribution in [3.63, 3.8) is 0 Å². The van der Waals surface area contributed by atoms with E-state index >= 15 is 0 Å². The van der Waals surface area contributed by atoms with Crippen molar-refractivity contribution in [1.82, 2.24) is 10.1 Å². The lowest BCUT2D eigenvalue weighted by molar-refractivity contribution is -0.384. The molecule has 0 radical (unpaired) electrons. The van der Waals surface area contributed by atoms with Crippen LogP contribution in [0.1, 0.15) is 11.9 Å². The lowest BCUT2D eigenvalue weighted by Crippen LogP contribution is -2.15. The first-order chi connectivity index (χ1) is 9.02. The lowest BCUT2D eigenvalue weighted by Gasteiger charge is -1.99. The molecule has 2 aromatic rings. The highest BCUT2D eigenvalue weighted by Gasteiger charge is 2.22. The van der Waals surface area contributed by atoms with Gasteiger partial charge in [0.05, 0.1) is 17.6 Å². The van der Waals surface area contributed by atoms with Crippen LogP contribution in [0.15, 0.2) is 22.7 Å². The average Bonchev–Trinajstić information content (AvgIpc) is 2.87. The summed E-state index contributed by atoms with van der Waals surface area (Å²) in [5, 5.41) is 23.6. The van der Waals surface area contributed by atoms with Crippen molar-refractivity contribution in [3.8, 4) is 11.5 Å². The van der Waals surface area contributed by atoms with Crippen molar-refractivity contribution < 1.29 is 14.6 Å². The van der Waals surface area contributed by atoms with Gasteiger partial charge < -0.3 is 15.4 Å². The summed E-state index contributed by atoms with van der Waals surface area (Å²) in [5.41, 5.74) is 5.41. The Morgan fingerprint density at radius 1 is 1.58 bits per heavy atom. The van der Waals surface area contributed by atoms with Crippen molar-refractivity contribution in [2.24, 2.45) is 5.73 Å². The zero-order valence-corrected chi connectivity index (χ0v) is 10.2. The van der Waals surface area contributed by atoms with Gasteiger partial charge in [-0.25, -0.2) is 0 Å². The van der Waals surface area contributed by atoms with Crippen molar-refractivity contribution in [1.29, 1.82) is 0 Å². The molecule has 0 amide bonds. The maximum absolute atomic E-state index is 10.9. The average molecular weight is 285 g/mol. The van der Waals surface area contributed by atoms with E-state index in [1.165, 1.54) is 18.2 Å². The fraction of sp³-hybridized carbons (Fsp3) is 0.200. The van der Waals surface area contributed by atoms with Gasteiger partial charge in [0.1, 0.15) is 5.56 Å². The maximum atomic E-state index is 10.9. The molecule has 0 saturated heterocycles. The van der Waals surface area contributed by atoms with Crippen LogP contribution in [0, 0.1) is 10.1 Å². The molecule has 0 spiro atoms. The summed E-state index contributed by atoms with van der Waals surface area (Å²) in [6.07, 6.45) is 0. The van der Waals surface area contributed by atoms with E-state index in [4.69, 9.17) is 27.0 Å². The molecule has 1 atom stereocenters. The number of benzene rings is 1. The third kappa shape index (κ3) is 2.70. The third-order valence-electron chi connectivity index (χ3n) is 2.36. The number of halogens is 1.